The maximum absolute atomic E-state index is 11.2. The van der Waals surface area contributed by atoms with Crippen LogP contribution in [0.2, 0.25) is 5.02 Å². The van der Waals surface area contributed by atoms with Gasteiger partial charge >= 0.3 is 5.97 Å². The summed E-state index contributed by atoms with van der Waals surface area (Å²) in [5.41, 5.74) is 3.18. The van der Waals surface area contributed by atoms with Crippen molar-refractivity contribution in [1.82, 2.24) is 4.90 Å². The molecule has 0 spiro atoms. The van der Waals surface area contributed by atoms with E-state index in [1.807, 2.05) is 42.5 Å². The van der Waals surface area contributed by atoms with Gasteiger partial charge in [-0.15, -0.1) is 0 Å². The van der Waals surface area contributed by atoms with Gasteiger partial charge in [-0.05, 0) is 60.2 Å². The number of methoxy groups -OCH3 is 1. The molecule has 0 aromatic heterocycles. The lowest BCUT2D eigenvalue weighted by atomic mass is 10.2. The molecule has 0 unspecified atom stereocenters. The Labute approximate surface area is 204 Å². The molecule has 1 saturated heterocycles. The highest BCUT2D eigenvalue weighted by atomic mass is 35.5. The van der Waals surface area contributed by atoms with Crippen LogP contribution < -0.4 is 15.0 Å². The average Bonchev–Trinajstić information content (AvgIpc) is 2.87. The number of guanidine groups is 1. The van der Waals surface area contributed by atoms with Crippen molar-refractivity contribution < 1.29 is 14.6 Å². The first-order valence-electron chi connectivity index (χ1n) is 11.0. The zero-order chi connectivity index (χ0) is 23.9. The lowest BCUT2D eigenvalue weighted by Gasteiger charge is -2.37. The topological polar surface area (TPSA) is 77.4 Å². The van der Waals surface area contributed by atoms with E-state index < -0.39 is 5.97 Å². The molecule has 7 nitrogen and oxygen atoms in total. The Bertz CT molecular complexity index is 1160. The summed E-state index contributed by atoms with van der Waals surface area (Å²) >= 11 is 6.17. The van der Waals surface area contributed by atoms with E-state index in [0.717, 1.165) is 59.8 Å². The molecule has 3 aromatic carbocycles. The number of nitrogens with zero attached hydrogens (tertiary/aromatic N) is 3. The summed E-state index contributed by atoms with van der Waals surface area (Å²) in [6.45, 7) is 3.71. The van der Waals surface area contributed by atoms with Crippen molar-refractivity contribution in [3.63, 3.8) is 0 Å². The van der Waals surface area contributed by atoms with Crippen LogP contribution in [0.5, 0.6) is 5.75 Å². The van der Waals surface area contributed by atoms with Gasteiger partial charge in [-0.25, -0.2) is 9.79 Å². The van der Waals surface area contributed by atoms with Gasteiger partial charge < -0.3 is 25.0 Å². The smallest absolute Gasteiger partial charge is 0.335 e. The van der Waals surface area contributed by atoms with Crippen LogP contribution in [0.15, 0.2) is 77.8 Å². The van der Waals surface area contributed by atoms with Crippen molar-refractivity contribution in [2.24, 2.45) is 4.99 Å². The Morgan fingerprint density at radius 2 is 1.76 bits per heavy atom. The van der Waals surface area contributed by atoms with E-state index in [4.69, 9.17) is 21.3 Å². The van der Waals surface area contributed by atoms with Crippen molar-refractivity contribution in [3.8, 4) is 5.75 Å². The van der Waals surface area contributed by atoms with Crippen LogP contribution in [0.3, 0.4) is 0 Å². The third-order valence-electron chi connectivity index (χ3n) is 5.69. The Hall–Kier alpha value is -3.71. The number of aliphatic imine (C=N–C) groups is 1. The Kier molecular flexibility index (Phi) is 7.54. The maximum Gasteiger partial charge on any atom is 0.335 e. The molecule has 34 heavy (non-hydrogen) atoms. The molecule has 1 fully saturated rings. The predicted octanol–water partition coefficient (Wildman–Crippen LogP) is 4.84. The van der Waals surface area contributed by atoms with Gasteiger partial charge in [-0.3, -0.25) is 0 Å². The van der Waals surface area contributed by atoms with E-state index in [-0.39, 0.29) is 5.56 Å². The zero-order valence-corrected chi connectivity index (χ0v) is 19.7. The summed E-state index contributed by atoms with van der Waals surface area (Å²) in [5.74, 6) is 0.592. The largest absolute Gasteiger partial charge is 0.497 e. The minimum Gasteiger partial charge on any atom is -0.497 e. The van der Waals surface area contributed by atoms with E-state index >= 15 is 0 Å². The molecule has 176 valence electrons. The fourth-order valence-electron chi connectivity index (χ4n) is 3.83. The SMILES string of the molecule is COc1cccc(CN=C(Nc2ccc(C(=O)O)cc2)N2CCN(c3cccc(Cl)c3)CC2)c1. The number of hydrogen-bond acceptors (Lipinski definition) is 4. The molecule has 0 aliphatic carbocycles. The number of carboxylic acid groups (broad SMARTS) is 1. The van der Waals surface area contributed by atoms with Crippen LogP contribution in [-0.4, -0.2) is 55.2 Å². The number of benzene rings is 3. The fourth-order valence-corrected chi connectivity index (χ4v) is 4.01. The number of ether oxygens (including phenoxy) is 1. The Morgan fingerprint density at radius 3 is 2.44 bits per heavy atom. The lowest BCUT2D eigenvalue weighted by molar-refractivity contribution is 0.0697. The second-order valence-electron chi connectivity index (χ2n) is 7.95. The Morgan fingerprint density at radius 1 is 1.03 bits per heavy atom. The van der Waals surface area contributed by atoms with Crippen LogP contribution in [0, 0.1) is 0 Å². The first kappa shape index (κ1) is 23.4. The van der Waals surface area contributed by atoms with Gasteiger partial charge in [0, 0.05) is 42.6 Å². The number of carboxylic acids is 1. The van der Waals surface area contributed by atoms with E-state index in [1.165, 1.54) is 0 Å². The molecule has 3 aromatic rings. The van der Waals surface area contributed by atoms with Crippen molar-refractivity contribution >= 4 is 34.9 Å². The van der Waals surface area contributed by atoms with E-state index in [1.54, 1.807) is 31.4 Å². The second kappa shape index (κ2) is 10.9. The minimum absolute atomic E-state index is 0.246. The predicted molar refractivity (Wildman–Crippen MR) is 136 cm³/mol. The van der Waals surface area contributed by atoms with E-state index in [0.29, 0.717) is 6.54 Å². The number of rotatable bonds is 6. The van der Waals surface area contributed by atoms with Crippen LogP contribution in [0.25, 0.3) is 0 Å². The Balaban J connectivity index is 1.51. The minimum atomic E-state index is -0.949. The van der Waals surface area contributed by atoms with E-state index in [9.17, 15) is 9.90 Å². The lowest BCUT2D eigenvalue weighted by Crippen LogP contribution is -2.50. The van der Waals surface area contributed by atoms with Gasteiger partial charge in [-0.1, -0.05) is 29.8 Å². The van der Waals surface area contributed by atoms with Gasteiger partial charge in [-0.2, -0.15) is 0 Å². The maximum atomic E-state index is 11.2. The molecule has 8 heteroatoms. The average molecular weight is 479 g/mol. The van der Waals surface area contributed by atoms with Crippen molar-refractivity contribution in [2.45, 2.75) is 6.54 Å². The summed E-state index contributed by atoms with van der Waals surface area (Å²) in [7, 11) is 1.65. The number of halogens is 1. The molecule has 0 radical (unpaired) electrons. The summed E-state index contributed by atoms with van der Waals surface area (Å²) < 4.78 is 5.33. The molecule has 0 atom stereocenters. The monoisotopic (exact) mass is 478 g/mol. The van der Waals surface area contributed by atoms with Gasteiger partial charge in [0.2, 0.25) is 0 Å². The van der Waals surface area contributed by atoms with E-state index in [2.05, 4.69) is 21.2 Å². The summed E-state index contributed by atoms with van der Waals surface area (Å²) in [5, 5.41) is 13.3. The van der Waals surface area contributed by atoms with Crippen LogP contribution in [0.4, 0.5) is 11.4 Å². The highest BCUT2D eigenvalue weighted by molar-refractivity contribution is 6.30. The normalized spacial score (nSPS) is 14.1. The summed E-state index contributed by atoms with van der Waals surface area (Å²) in [6, 6.07) is 22.4. The summed E-state index contributed by atoms with van der Waals surface area (Å²) in [6.07, 6.45) is 0. The third-order valence-corrected chi connectivity index (χ3v) is 5.92. The number of carbonyl (C=O) groups is 1. The number of nitrogens with one attached hydrogen (secondary N) is 1. The molecular weight excluding hydrogens is 452 g/mol. The summed E-state index contributed by atoms with van der Waals surface area (Å²) in [4.78, 5) is 20.6. The van der Waals surface area contributed by atoms with Gasteiger partial charge in [0.15, 0.2) is 5.96 Å². The standard InChI is InChI=1S/C26H27ClN4O3/c1-34-24-7-2-4-19(16-24)18-28-26(29-22-10-8-20(9-11-22)25(32)33)31-14-12-30(13-15-31)23-6-3-5-21(27)17-23/h2-11,16-17H,12-15,18H2,1H3,(H,28,29)(H,32,33). The number of hydrogen-bond donors (Lipinski definition) is 2. The molecule has 0 amide bonds. The van der Waals surface area contributed by atoms with Crippen molar-refractivity contribution in [2.75, 3.05) is 43.5 Å². The molecule has 1 aliphatic rings. The van der Waals surface area contributed by atoms with Gasteiger partial charge in [0.1, 0.15) is 5.75 Å². The van der Waals surface area contributed by atoms with Crippen LogP contribution in [0.1, 0.15) is 15.9 Å². The number of piperazine rings is 1. The molecule has 1 aliphatic heterocycles. The molecule has 0 bridgehead atoms. The van der Waals surface area contributed by atoms with Crippen LogP contribution >= 0.6 is 11.6 Å². The van der Waals surface area contributed by atoms with Gasteiger partial charge in [0.25, 0.3) is 0 Å². The first-order valence-corrected chi connectivity index (χ1v) is 11.4. The second-order valence-corrected chi connectivity index (χ2v) is 8.39. The first-order chi connectivity index (χ1) is 16.5. The zero-order valence-electron chi connectivity index (χ0n) is 18.9. The number of anilines is 2. The van der Waals surface area contributed by atoms with Gasteiger partial charge in [0.05, 0.1) is 19.2 Å². The fraction of sp³-hybridized carbons (Fsp3) is 0.231. The molecule has 0 saturated carbocycles. The van der Waals surface area contributed by atoms with Crippen molar-refractivity contribution in [1.29, 1.82) is 0 Å². The molecule has 4 rings (SSSR count). The molecular formula is C26H27ClN4O3. The number of aromatic carboxylic acids is 1. The quantitative estimate of drug-likeness (QED) is 0.390. The molecule has 2 N–H and O–H groups in total. The highest BCUT2D eigenvalue weighted by Gasteiger charge is 2.20. The van der Waals surface area contributed by atoms with Crippen molar-refractivity contribution in [3.05, 3.63) is 88.9 Å². The molecule has 1 heterocycles. The highest BCUT2D eigenvalue weighted by Crippen LogP contribution is 2.21. The van der Waals surface area contributed by atoms with Crippen LogP contribution in [-0.2, 0) is 6.54 Å². The third kappa shape index (κ3) is 5.99.